The molecule has 28 heavy (non-hydrogen) atoms. The number of carbonyl (C=O) groups is 2. The fourth-order valence-electron chi connectivity index (χ4n) is 3.05. The minimum absolute atomic E-state index is 0.0736. The Kier molecular flexibility index (Phi) is 5.44. The maximum absolute atomic E-state index is 12.5. The maximum atomic E-state index is 12.5. The number of anilines is 1. The number of esters is 2. The molecule has 7 nitrogen and oxygen atoms in total. The molecule has 0 unspecified atom stereocenters. The molecule has 1 aliphatic heterocycles. The zero-order chi connectivity index (χ0) is 20.3. The fourth-order valence-corrected chi connectivity index (χ4v) is 3.05. The van der Waals surface area contributed by atoms with E-state index in [4.69, 9.17) is 14.0 Å². The van der Waals surface area contributed by atoms with Crippen LogP contribution >= 0.6 is 0 Å². The number of hydrogen-bond donors (Lipinski definition) is 0. The molecule has 0 spiro atoms. The van der Waals surface area contributed by atoms with Crippen molar-refractivity contribution in [1.29, 1.82) is 0 Å². The number of nitrogens with zero attached hydrogens (tertiary/aromatic N) is 2. The first-order chi connectivity index (χ1) is 13.5. The first-order valence-electron chi connectivity index (χ1n) is 8.56. The van der Waals surface area contributed by atoms with Gasteiger partial charge in [-0.25, -0.2) is 9.59 Å². The number of rotatable bonds is 4. The molecule has 0 bridgehead atoms. The second kappa shape index (κ2) is 7.96. The average molecular weight is 380 g/mol. The Labute approximate surface area is 162 Å². The van der Waals surface area contributed by atoms with Crippen molar-refractivity contribution < 1.29 is 23.6 Å². The molecule has 0 fully saturated rings. The van der Waals surface area contributed by atoms with E-state index in [0.29, 0.717) is 5.69 Å². The van der Waals surface area contributed by atoms with Crippen molar-refractivity contribution >= 4 is 17.6 Å². The minimum atomic E-state index is -0.647. The number of methoxy groups -OCH3 is 2. The van der Waals surface area contributed by atoms with Gasteiger partial charge in [0, 0.05) is 17.5 Å². The summed E-state index contributed by atoms with van der Waals surface area (Å²) in [5.41, 5.74) is 3.52. The Morgan fingerprint density at radius 1 is 1.00 bits per heavy atom. The molecule has 1 aromatic heterocycles. The molecule has 0 atom stereocenters. The second-order valence-corrected chi connectivity index (χ2v) is 6.06. The summed E-state index contributed by atoms with van der Waals surface area (Å²) in [6, 6.07) is 7.49. The molecule has 1 aromatic carbocycles. The van der Waals surface area contributed by atoms with Crippen LogP contribution in [0.2, 0.25) is 0 Å². The van der Waals surface area contributed by atoms with Crippen molar-refractivity contribution in [3.63, 3.8) is 0 Å². The largest absolute Gasteiger partial charge is 0.465 e. The van der Waals surface area contributed by atoms with Crippen LogP contribution in [-0.4, -0.2) is 31.3 Å². The van der Waals surface area contributed by atoms with Crippen LogP contribution in [0.25, 0.3) is 11.1 Å². The van der Waals surface area contributed by atoms with Gasteiger partial charge in [-0.1, -0.05) is 23.4 Å². The predicted octanol–water partition coefficient (Wildman–Crippen LogP) is 3.45. The SMILES string of the molecule is COC(=O)C1=C(C(=O)OC)N(c2ccc(-c3c(C)noc3C)cc2)C=CC=C1. The molecular formula is C21H20N2O5. The molecule has 2 aromatic rings. The maximum Gasteiger partial charge on any atom is 0.355 e. The van der Waals surface area contributed by atoms with Gasteiger partial charge in [-0.05, 0) is 43.7 Å². The number of ether oxygens (including phenoxy) is 2. The number of aryl methyl sites for hydroxylation is 2. The van der Waals surface area contributed by atoms with E-state index in [1.807, 2.05) is 38.1 Å². The van der Waals surface area contributed by atoms with Gasteiger partial charge in [0.15, 0.2) is 0 Å². The number of benzene rings is 1. The standard InChI is InChI=1S/C21H20N2O5/c1-13-18(14(2)28-22-13)15-8-10-16(11-9-15)23-12-6-5-7-17(20(24)26-3)19(23)21(25)27-4/h5-12H,1-4H3. The average Bonchev–Trinajstić information content (AvgIpc) is 2.92. The number of aromatic nitrogens is 1. The lowest BCUT2D eigenvalue weighted by Gasteiger charge is -2.23. The topological polar surface area (TPSA) is 81.9 Å². The van der Waals surface area contributed by atoms with Gasteiger partial charge >= 0.3 is 11.9 Å². The molecule has 3 rings (SSSR count). The smallest absolute Gasteiger partial charge is 0.355 e. The van der Waals surface area contributed by atoms with E-state index < -0.39 is 11.9 Å². The summed E-state index contributed by atoms with van der Waals surface area (Å²) in [6.45, 7) is 3.73. The van der Waals surface area contributed by atoms with Crippen molar-refractivity contribution in [3.8, 4) is 11.1 Å². The van der Waals surface area contributed by atoms with Crippen LogP contribution < -0.4 is 4.90 Å². The fraction of sp³-hybridized carbons (Fsp3) is 0.190. The zero-order valence-corrected chi connectivity index (χ0v) is 16.1. The van der Waals surface area contributed by atoms with E-state index in [2.05, 4.69) is 5.16 Å². The summed E-state index contributed by atoms with van der Waals surface area (Å²) >= 11 is 0. The van der Waals surface area contributed by atoms with Crippen LogP contribution in [0.3, 0.4) is 0 Å². The monoisotopic (exact) mass is 380 g/mol. The van der Waals surface area contributed by atoms with Crippen molar-refractivity contribution in [2.45, 2.75) is 13.8 Å². The third-order valence-electron chi connectivity index (χ3n) is 4.36. The van der Waals surface area contributed by atoms with Crippen molar-refractivity contribution in [2.24, 2.45) is 0 Å². The van der Waals surface area contributed by atoms with Gasteiger partial charge in [-0.3, -0.25) is 0 Å². The van der Waals surface area contributed by atoms with E-state index >= 15 is 0 Å². The van der Waals surface area contributed by atoms with Gasteiger partial charge in [0.05, 0.1) is 25.5 Å². The summed E-state index contributed by atoms with van der Waals surface area (Å²) < 4.78 is 15.0. The molecule has 0 saturated carbocycles. The van der Waals surface area contributed by atoms with E-state index in [9.17, 15) is 9.59 Å². The summed E-state index contributed by atoms with van der Waals surface area (Å²) in [5.74, 6) is -0.545. The lowest BCUT2D eigenvalue weighted by molar-refractivity contribution is -0.139. The summed E-state index contributed by atoms with van der Waals surface area (Å²) in [4.78, 5) is 26.3. The number of hydrogen-bond acceptors (Lipinski definition) is 7. The van der Waals surface area contributed by atoms with Gasteiger partial charge in [0.1, 0.15) is 11.5 Å². The van der Waals surface area contributed by atoms with Gasteiger partial charge in [-0.15, -0.1) is 0 Å². The zero-order valence-electron chi connectivity index (χ0n) is 16.1. The van der Waals surface area contributed by atoms with Crippen LogP contribution in [0.15, 0.2) is 64.5 Å². The van der Waals surface area contributed by atoms with Crippen LogP contribution in [0, 0.1) is 13.8 Å². The summed E-state index contributed by atoms with van der Waals surface area (Å²) in [5, 5.41) is 3.98. The van der Waals surface area contributed by atoms with Crippen LogP contribution in [0.5, 0.6) is 0 Å². The van der Waals surface area contributed by atoms with E-state index in [1.165, 1.54) is 20.3 Å². The molecular weight excluding hydrogens is 360 g/mol. The highest BCUT2D eigenvalue weighted by atomic mass is 16.5. The quantitative estimate of drug-likeness (QED) is 0.752. The molecule has 0 radical (unpaired) electrons. The van der Waals surface area contributed by atoms with Gasteiger partial charge in [-0.2, -0.15) is 0 Å². The van der Waals surface area contributed by atoms with Crippen LogP contribution in [-0.2, 0) is 19.1 Å². The number of allylic oxidation sites excluding steroid dienone is 2. The van der Waals surface area contributed by atoms with E-state index in [0.717, 1.165) is 22.6 Å². The van der Waals surface area contributed by atoms with Crippen LogP contribution in [0.4, 0.5) is 5.69 Å². The third kappa shape index (κ3) is 3.46. The van der Waals surface area contributed by atoms with Crippen molar-refractivity contribution in [1.82, 2.24) is 5.16 Å². The van der Waals surface area contributed by atoms with Crippen molar-refractivity contribution in [2.75, 3.05) is 19.1 Å². The minimum Gasteiger partial charge on any atom is -0.465 e. The normalized spacial score (nSPS) is 13.5. The Balaban J connectivity index is 2.07. The Morgan fingerprint density at radius 3 is 2.25 bits per heavy atom. The first kappa shape index (κ1) is 19.2. The molecule has 0 saturated heterocycles. The van der Waals surface area contributed by atoms with Gasteiger partial charge in [0.25, 0.3) is 0 Å². The highest BCUT2D eigenvalue weighted by molar-refractivity contribution is 6.05. The molecule has 2 heterocycles. The summed E-state index contributed by atoms with van der Waals surface area (Å²) in [7, 11) is 2.53. The lowest BCUT2D eigenvalue weighted by Crippen LogP contribution is -2.26. The third-order valence-corrected chi connectivity index (χ3v) is 4.36. The molecule has 1 aliphatic rings. The predicted molar refractivity (Wildman–Crippen MR) is 103 cm³/mol. The first-order valence-corrected chi connectivity index (χ1v) is 8.56. The Bertz CT molecular complexity index is 977. The number of carbonyl (C=O) groups excluding carboxylic acids is 2. The van der Waals surface area contributed by atoms with Gasteiger partial charge < -0.3 is 18.9 Å². The van der Waals surface area contributed by atoms with E-state index in [1.54, 1.807) is 23.3 Å². The molecule has 0 amide bonds. The highest BCUT2D eigenvalue weighted by Gasteiger charge is 2.27. The van der Waals surface area contributed by atoms with Gasteiger partial charge in [0.2, 0.25) is 0 Å². The summed E-state index contributed by atoms with van der Waals surface area (Å²) in [6.07, 6.45) is 6.59. The second-order valence-electron chi connectivity index (χ2n) is 6.06. The Morgan fingerprint density at radius 2 is 1.68 bits per heavy atom. The van der Waals surface area contributed by atoms with Crippen LogP contribution in [0.1, 0.15) is 11.5 Å². The molecule has 0 aliphatic carbocycles. The van der Waals surface area contributed by atoms with E-state index in [-0.39, 0.29) is 11.3 Å². The highest BCUT2D eigenvalue weighted by Crippen LogP contribution is 2.31. The molecule has 144 valence electrons. The Hall–Kier alpha value is -3.61. The van der Waals surface area contributed by atoms with Crippen molar-refractivity contribution in [3.05, 3.63) is 71.4 Å². The lowest BCUT2D eigenvalue weighted by atomic mass is 10.0. The molecule has 0 N–H and O–H groups in total. The molecule has 7 heteroatoms.